The van der Waals surface area contributed by atoms with E-state index in [9.17, 15) is 22.8 Å². The third kappa shape index (κ3) is 11.7. The van der Waals surface area contributed by atoms with Crippen LogP contribution in [0.1, 0.15) is 71.1 Å². The van der Waals surface area contributed by atoms with Gasteiger partial charge in [-0.15, -0.1) is 11.8 Å². The average molecular weight is 594 g/mol. The molecule has 1 aliphatic carbocycles. The van der Waals surface area contributed by atoms with Crippen LogP contribution in [0.3, 0.4) is 0 Å². The number of nitrogens with zero attached hydrogens (tertiary/aromatic N) is 2. The number of rotatable bonds is 16. The van der Waals surface area contributed by atoms with Crippen molar-refractivity contribution in [1.29, 1.82) is 0 Å². The fourth-order valence-electron chi connectivity index (χ4n) is 4.87. The van der Waals surface area contributed by atoms with Crippen molar-refractivity contribution in [1.82, 2.24) is 10.2 Å². The summed E-state index contributed by atoms with van der Waals surface area (Å²) in [5.74, 6) is -0.0825. The molecule has 2 fully saturated rings. The van der Waals surface area contributed by atoms with Gasteiger partial charge in [-0.1, -0.05) is 39.0 Å². The SMILES string of the molecule is CCC1SC[C@@H](C(=O)NC(CCCN=C(N)N)C(=O)CSCCS(=O)(=O)O)N1C(=O)CCC1CCCCC1. The number of thioether (sulfide) groups is 2. The summed E-state index contributed by atoms with van der Waals surface area (Å²) in [7, 11) is -4.11. The largest absolute Gasteiger partial charge is 0.370 e. The lowest BCUT2D eigenvalue weighted by molar-refractivity contribution is -0.140. The zero-order chi connectivity index (χ0) is 28.1. The van der Waals surface area contributed by atoms with Crippen molar-refractivity contribution < 1.29 is 27.4 Å². The minimum Gasteiger partial charge on any atom is -0.370 e. The Morgan fingerprint density at radius 2 is 1.92 bits per heavy atom. The minimum atomic E-state index is -4.11. The molecular formula is C24H43N5O6S3. The number of hydrogen-bond acceptors (Lipinski definition) is 8. The molecule has 2 amide bonds. The zero-order valence-corrected chi connectivity index (χ0v) is 24.6. The summed E-state index contributed by atoms with van der Waals surface area (Å²) in [6.45, 7) is 2.29. The lowest BCUT2D eigenvalue weighted by Crippen LogP contribution is -2.53. The highest BCUT2D eigenvalue weighted by Gasteiger charge is 2.41. The summed E-state index contributed by atoms with van der Waals surface area (Å²) in [4.78, 5) is 45.2. The van der Waals surface area contributed by atoms with E-state index in [4.69, 9.17) is 16.0 Å². The maximum absolute atomic E-state index is 13.4. The minimum absolute atomic E-state index is 0.0102. The van der Waals surface area contributed by atoms with Gasteiger partial charge < -0.3 is 21.7 Å². The van der Waals surface area contributed by atoms with Gasteiger partial charge in [0, 0.05) is 24.5 Å². The van der Waals surface area contributed by atoms with Crippen LogP contribution in [0.2, 0.25) is 0 Å². The third-order valence-corrected chi connectivity index (χ3v) is 10.3. The number of Topliss-reactive ketones (excluding diaryl/α,β-unsaturated/α-hetero) is 1. The Morgan fingerprint density at radius 1 is 1.21 bits per heavy atom. The first-order valence-electron chi connectivity index (χ1n) is 13.4. The number of aliphatic imine (C=N–C) groups is 1. The van der Waals surface area contributed by atoms with Crippen LogP contribution in [0.25, 0.3) is 0 Å². The normalized spacial score (nSPS) is 21.2. The Labute approximate surface area is 234 Å². The number of amides is 2. The van der Waals surface area contributed by atoms with Crippen molar-refractivity contribution in [3.05, 3.63) is 0 Å². The Bertz CT molecular complexity index is 923. The molecular weight excluding hydrogens is 550 g/mol. The highest BCUT2D eigenvalue weighted by Crippen LogP contribution is 2.34. The van der Waals surface area contributed by atoms with Crippen molar-refractivity contribution in [2.24, 2.45) is 22.4 Å². The summed E-state index contributed by atoms with van der Waals surface area (Å²) >= 11 is 2.66. The molecule has 0 radical (unpaired) electrons. The van der Waals surface area contributed by atoms with Crippen LogP contribution in [0.4, 0.5) is 0 Å². The number of hydrogen-bond donors (Lipinski definition) is 4. The molecule has 0 aromatic carbocycles. The monoisotopic (exact) mass is 593 g/mol. The molecule has 11 nitrogen and oxygen atoms in total. The van der Waals surface area contributed by atoms with E-state index in [1.807, 2.05) is 6.92 Å². The highest BCUT2D eigenvalue weighted by atomic mass is 32.2. The molecule has 0 bridgehead atoms. The quantitative estimate of drug-likeness (QED) is 0.0889. The van der Waals surface area contributed by atoms with E-state index in [2.05, 4.69) is 10.3 Å². The molecule has 38 heavy (non-hydrogen) atoms. The van der Waals surface area contributed by atoms with Crippen molar-refractivity contribution in [3.8, 4) is 0 Å². The van der Waals surface area contributed by atoms with Gasteiger partial charge in [0.1, 0.15) is 6.04 Å². The number of nitrogens with two attached hydrogens (primary N) is 2. The smallest absolute Gasteiger partial charge is 0.265 e. The van der Waals surface area contributed by atoms with Gasteiger partial charge in [-0.2, -0.15) is 20.2 Å². The second kappa shape index (κ2) is 16.6. The second-order valence-electron chi connectivity index (χ2n) is 9.87. The number of carbonyl (C=O) groups is 3. The summed E-state index contributed by atoms with van der Waals surface area (Å²) in [6.07, 6.45) is 8.77. The van der Waals surface area contributed by atoms with Crippen LogP contribution in [-0.4, -0.2) is 88.4 Å². The van der Waals surface area contributed by atoms with Crippen LogP contribution < -0.4 is 16.8 Å². The van der Waals surface area contributed by atoms with E-state index in [0.29, 0.717) is 37.5 Å². The van der Waals surface area contributed by atoms with Crippen LogP contribution >= 0.6 is 23.5 Å². The Balaban J connectivity index is 2.02. The van der Waals surface area contributed by atoms with Crippen LogP contribution in [0, 0.1) is 5.92 Å². The van der Waals surface area contributed by atoms with Gasteiger partial charge in [0.15, 0.2) is 11.7 Å². The van der Waals surface area contributed by atoms with Crippen molar-refractivity contribution in [3.63, 3.8) is 0 Å². The van der Waals surface area contributed by atoms with E-state index in [0.717, 1.165) is 37.4 Å². The van der Waals surface area contributed by atoms with E-state index < -0.39 is 28.0 Å². The van der Waals surface area contributed by atoms with E-state index >= 15 is 0 Å². The molecule has 1 heterocycles. The summed E-state index contributed by atoms with van der Waals surface area (Å²) < 4.78 is 30.8. The highest BCUT2D eigenvalue weighted by molar-refractivity contribution is 8.00. The van der Waals surface area contributed by atoms with E-state index in [1.165, 1.54) is 19.3 Å². The van der Waals surface area contributed by atoms with E-state index in [-0.39, 0.29) is 40.4 Å². The lowest BCUT2D eigenvalue weighted by atomic mass is 9.86. The zero-order valence-electron chi connectivity index (χ0n) is 22.2. The molecule has 6 N–H and O–H groups in total. The first kappa shape index (κ1) is 32.7. The topological polar surface area (TPSA) is 185 Å². The number of carbonyl (C=O) groups excluding carboxylic acids is 3. The van der Waals surface area contributed by atoms with Gasteiger partial charge in [0.2, 0.25) is 11.8 Å². The van der Waals surface area contributed by atoms with Crippen molar-refractivity contribution in [2.75, 3.05) is 29.6 Å². The van der Waals surface area contributed by atoms with Gasteiger partial charge in [-0.3, -0.25) is 23.9 Å². The molecule has 1 saturated heterocycles. The molecule has 2 rings (SSSR count). The molecule has 14 heteroatoms. The van der Waals surface area contributed by atoms with Gasteiger partial charge >= 0.3 is 0 Å². The fourth-order valence-corrected chi connectivity index (χ4v) is 8.11. The molecule has 0 aromatic rings. The second-order valence-corrected chi connectivity index (χ2v) is 13.8. The van der Waals surface area contributed by atoms with Gasteiger partial charge in [0.25, 0.3) is 10.1 Å². The number of ketones is 1. The molecule has 1 aliphatic heterocycles. The molecule has 0 spiro atoms. The first-order chi connectivity index (χ1) is 18.0. The average Bonchev–Trinajstić information content (AvgIpc) is 3.31. The molecule has 2 aliphatic rings. The fraction of sp³-hybridized carbons (Fsp3) is 0.833. The summed E-state index contributed by atoms with van der Waals surface area (Å²) in [5, 5.41) is 2.78. The van der Waals surface area contributed by atoms with Gasteiger partial charge in [-0.05, 0) is 31.6 Å². The van der Waals surface area contributed by atoms with Crippen LogP contribution in [0.15, 0.2) is 4.99 Å². The van der Waals surface area contributed by atoms with Crippen molar-refractivity contribution in [2.45, 2.75) is 88.6 Å². The summed E-state index contributed by atoms with van der Waals surface area (Å²) in [5.41, 5.74) is 10.7. The molecule has 2 unspecified atom stereocenters. The van der Waals surface area contributed by atoms with Gasteiger partial charge in [0.05, 0.1) is 22.9 Å². The molecule has 0 aromatic heterocycles. The predicted molar refractivity (Wildman–Crippen MR) is 154 cm³/mol. The maximum Gasteiger partial charge on any atom is 0.265 e. The standard InChI is InChI=1S/C24H43N5O6S3/c1-2-22-29(21(31)11-10-17-7-4-3-5-8-17)19(15-37-22)23(32)28-18(9-6-12-27-24(25)26)20(30)16-36-13-14-38(33,34)35/h17-19,22H,2-16H2,1H3,(H,28,32)(H4,25,26,27)(H,33,34,35)/t18?,19-,22?/m0/s1. The predicted octanol–water partition coefficient (Wildman–Crippen LogP) is 1.76. The molecule has 218 valence electrons. The Kier molecular flexibility index (Phi) is 14.3. The van der Waals surface area contributed by atoms with Crippen LogP contribution in [0.5, 0.6) is 0 Å². The third-order valence-electron chi connectivity index (χ3n) is 6.90. The molecule has 3 atom stereocenters. The van der Waals surface area contributed by atoms with Crippen molar-refractivity contribution >= 4 is 57.2 Å². The Hall–Kier alpha value is -1.51. The lowest BCUT2D eigenvalue weighted by Gasteiger charge is -2.30. The Morgan fingerprint density at radius 3 is 2.55 bits per heavy atom. The van der Waals surface area contributed by atoms with E-state index in [1.54, 1.807) is 16.7 Å². The number of guanidine groups is 1. The molecule has 1 saturated carbocycles. The van der Waals surface area contributed by atoms with Gasteiger partial charge in [-0.25, -0.2) is 0 Å². The first-order valence-corrected chi connectivity index (χ1v) is 17.2. The number of nitrogens with one attached hydrogen (secondary N) is 1. The summed E-state index contributed by atoms with van der Waals surface area (Å²) in [6, 6.07) is -1.47. The van der Waals surface area contributed by atoms with Crippen LogP contribution in [-0.2, 0) is 24.5 Å². The maximum atomic E-state index is 13.4.